The normalized spacial score (nSPS) is 19.4. The van der Waals surface area contributed by atoms with Crippen LogP contribution in [0, 0.1) is 0 Å². The van der Waals surface area contributed by atoms with E-state index in [1.54, 1.807) is 0 Å². The molecule has 0 N–H and O–H groups in total. The number of esters is 1. The van der Waals surface area contributed by atoms with Crippen LogP contribution in [-0.4, -0.2) is 30.6 Å². The van der Waals surface area contributed by atoms with Gasteiger partial charge >= 0.3 is 5.97 Å². The molecule has 1 unspecified atom stereocenters. The Balaban J connectivity index is 1.99. The molecule has 0 bridgehead atoms. The van der Waals surface area contributed by atoms with E-state index in [2.05, 4.69) is 29.2 Å². The van der Waals surface area contributed by atoms with Crippen LogP contribution in [0.5, 0.6) is 0 Å². The highest BCUT2D eigenvalue weighted by atomic mass is 32.1. The molecule has 1 aromatic carbocycles. The first-order valence-electron chi connectivity index (χ1n) is 6.57. The fourth-order valence-electron chi connectivity index (χ4n) is 2.69. The quantitative estimate of drug-likeness (QED) is 0.789. The first-order chi connectivity index (χ1) is 9.20. The molecule has 1 aromatic heterocycles. The Morgan fingerprint density at radius 1 is 1.47 bits per heavy atom. The van der Waals surface area contributed by atoms with Crippen molar-refractivity contribution in [2.75, 3.05) is 13.7 Å². The third-order valence-corrected chi connectivity index (χ3v) is 4.86. The molecule has 19 heavy (non-hydrogen) atoms. The van der Waals surface area contributed by atoms with Crippen molar-refractivity contribution in [3.8, 4) is 0 Å². The highest BCUT2D eigenvalue weighted by Gasteiger charge is 2.32. The Kier molecular flexibility index (Phi) is 3.29. The summed E-state index contributed by atoms with van der Waals surface area (Å²) >= 11 is 1.84. The highest BCUT2D eigenvalue weighted by Crippen LogP contribution is 2.36. The maximum atomic E-state index is 12.0. The number of nitrogens with zero attached hydrogens (tertiary/aromatic N) is 1. The van der Waals surface area contributed by atoms with Gasteiger partial charge in [0.1, 0.15) is 6.04 Å². The molecule has 4 heteroatoms. The Morgan fingerprint density at radius 2 is 2.26 bits per heavy atom. The zero-order valence-corrected chi connectivity index (χ0v) is 12.0. The number of ether oxygens (including phenoxy) is 1. The van der Waals surface area contributed by atoms with E-state index in [1.165, 1.54) is 20.5 Å². The summed E-state index contributed by atoms with van der Waals surface area (Å²) in [7, 11) is 1.99. The molecule has 3 nitrogen and oxygen atoms in total. The van der Waals surface area contributed by atoms with Gasteiger partial charge in [-0.25, -0.2) is 0 Å². The number of carbonyl (C=O) groups excluding carboxylic acids is 1. The molecule has 0 aliphatic carbocycles. The third kappa shape index (κ3) is 2.15. The second-order valence-electron chi connectivity index (χ2n) is 4.89. The van der Waals surface area contributed by atoms with Crippen LogP contribution in [-0.2, 0) is 22.5 Å². The van der Waals surface area contributed by atoms with E-state index in [9.17, 15) is 4.79 Å². The van der Waals surface area contributed by atoms with E-state index in [0.717, 1.165) is 13.0 Å². The summed E-state index contributed by atoms with van der Waals surface area (Å²) in [5, 5.41) is 1.30. The number of hydrogen-bond donors (Lipinski definition) is 0. The maximum Gasteiger partial charge on any atom is 0.323 e. The summed E-state index contributed by atoms with van der Waals surface area (Å²) in [4.78, 5) is 15.5. The maximum absolute atomic E-state index is 12.0. The van der Waals surface area contributed by atoms with Gasteiger partial charge in [-0.2, -0.15) is 0 Å². The molecule has 0 amide bonds. The lowest BCUT2D eigenvalue weighted by molar-refractivity contribution is -0.149. The Labute approximate surface area is 116 Å². The minimum atomic E-state index is -0.148. The van der Waals surface area contributed by atoms with Gasteiger partial charge in [-0.15, -0.1) is 11.3 Å². The van der Waals surface area contributed by atoms with E-state index in [1.807, 2.05) is 25.3 Å². The molecule has 0 fully saturated rings. The van der Waals surface area contributed by atoms with E-state index >= 15 is 0 Å². The van der Waals surface area contributed by atoms with Crippen molar-refractivity contribution in [1.29, 1.82) is 0 Å². The van der Waals surface area contributed by atoms with Crippen LogP contribution >= 0.6 is 11.3 Å². The smallest absolute Gasteiger partial charge is 0.323 e. The molecule has 2 heterocycles. The number of carbonyl (C=O) groups is 1. The van der Waals surface area contributed by atoms with Crippen molar-refractivity contribution in [2.45, 2.75) is 25.9 Å². The molecule has 0 saturated carbocycles. The lowest BCUT2D eigenvalue weighted by atomic mass is 9.97. The van der Waals surface area contributed by atoms with Gasteiger partial charge in [0.05, 0.1) is 6.61 Å². The molecular weight excluding hydrogens is 258 g/mol. The second-order valence-corrected chi connectivity index (χ2v) is 6.02. The van der Waals surface area contributed by atoms with Crippen LogP contribution < -0.4 is 0 Å². The summed E-state index contributed by atoms with van der Waals surface area (Å²) in [5.74, 6) is -0.106. The van der Waals surface area contributed by atoms with Gasteiger partial charge in [-0.1, -0.05) is 18.2 Å². The van der Waals surface area contributed by atoms with Crippen molar-refractivity contribution in [1.82, 2.24) is 4.90 Å². The van der Waals surface area contributed by atoms with Crippen LogP contribution in [0.25, 0.3) is 10.1 Å². The van der Waals surface area contributed by atoms with Gasteiger partial charge in [0, 0.05) is 22.5 Å². The van der Waals surface area contributed by atoms with Crippen molar-refractivity contribution in [2.24, 2.45) is 0 Å². The predicted octanol–water partition coefficient (Wildman–Crippen LogP) is 2.82. The lowest BCUT2D eigenvalue weighted by Crippen LogP contribution is -2.43. The van der Waals surface area contributed by atoms with Crippen molar-refractivity contribution in [3.05, 3.63) is 34.7 Å². The fraction of sp³-hybridized carbons (Fsp3) is 0.400. The summed E-state index contributed by atoms with van der Waals surface area (Å²) < 4.78 is 6.49. The van der Waals surface area contributed by atoms with E-state index < -0.39 is 0 Å². The number of rotatable bonds is 2. The third-order valence-electron chi connectivity index (χ3n) is 3.66. The zero-order valence-electron chi connectivity index (χ0n) is 11.2. The van der Waals surface area contributed by atoms with Crippen LogP contribution in [0.15, 0.2) is 24.3 Å². The molecule has 1 aliphatic heterocycles. The highest BCUT2D eigenvalue weighted by molar-refractivity contribution is 7.19. The van der Waals surface area contributed by atoms with Crippen LogP contribution in [0.4, 0.5) is 0 Å². The molecular formula is C15H17NO2S. The first-order valence-corrected chi connectivity index (χ1v) is 7.38. The average molecular weight is 275 g/mol. The van der Waals surface area contributed by atoms with Gasteiger partial charge in [-0.3, -0.25) is 9.69 Å². The summed E-state index contributed by atoms with van der Waals surface area (Å²) in [6, 6.07) is 8.28. The summed E-state index contributed by atoms with van der Waals surface area (Å²) in [6.45, 7) is 3.13. The number of benzene rings is 1. The van der Waals surface area contributed by atoms with Gasteiger partial charge in [-0.05, 0) is 31.0 Å². The van der Waals surface area contributed by atoms with E-state index in [-0.39, 0.29) is 12.0 Å². The molecule has 0 saturated heterocycles. The monoisotopic (exact) mass is 275 g/mol. The van der Waals surface area contributed by atoms with Crippen molar-refractivity contribution < 1.29 is 9.53 Å². The van der Waals surface area contributed by atoms with Gasteiger partial charge in [0.15, 0.2) is 0 Å². The zero-order chi connectivity index (χ0) is 13.4. The van der Waals surface area contributed by atoms with E-state index in [0.29, 0.717) is 6.61 Å². The lowest BCUT2D eigenvalue weighted by Gasteiger charge is -2.30. The molecule has 1 aliphatic rings. The van der Waals surface area contributed by atoms with E-state index in [4.69, 9.17) is 4.74 Å². The van der Waals surface area contributed by atoms with Crippen molar-refractivity contribution in [3.63, 3.8) is 0 Å². The van der Waals surface area contributed by atoms with Gasteiger partial charge in [0.25, 0.3) is 0 Å². The standard InChI is InChI=1S/C15H17NO2S/c1-3-18-15(17)12-8-11-10-6-4-5-7-13(10)19-14(11)9-16(12)2/h4-7,12H,3,8-9H2,1-2H3. The molecule has 0 radical (unpaired) electrons. The summed E-state index contributed by atoms with van der Waals surface area (Å²) in [5.41, 5.74) is 1.33. The number of hydrogen-bond acceptors (Lipinski definition) is 4. The second kappa shape index (κ2) is 4.94. The Bertz CT molecular complexity index is 620. The predicted molar refractivity (Wildman–Crippen MR) is 77.4 cm³/mol. The van der Waals surface area contributed by atoms with Gasteiger partial charge < -0.3 is 4.74 Å². The van der Waals surface area contributed by atoms with Crippen LogP contribution in [0.2, 0.25) is 0 Å². The average Bonchev–Trinajstić information content (AvgIpc) is 2.75. The Hall–Kier alpha value is -1.39. The number of likely N-dealkylation sites (N-methyl/N-ethyl adjacent to an activating group) is 1. The minimum absolute atomic E-state index is 0.106. The first kappa shape index (κ1) is 12.6. The largest absolute Gasteiger partial charge is 0.465 e. The van der Waals surface area contributed by atoms with Crippen LogP contribution in [0.1, 0.15) is 17.4 Å². The molecule has 0 spiro atoms. The molecule has 1 atom stereocenters. The van der Waals surface area contributed by atoms with Crippen molar-refractivity contribution >= 4 is 27.4 Å². The Morgan fingerprint density at radius 3 is 3.05 bits per heavy atom. The molecule has 2 aromatic rings. The SMILES string of the molecule is CCOC(=O)C1Cc2c(sc3ccccc23)CN1C. The molecule has 3 rings (SSSR count). The molecule has 100 valence electrons. The topological polar surface area (TPSA) is 29.5 Å². The van der Waals surface area contributed by atoms with Gasteiger partial charge in [0.2, 0.25) is 0 Å². The number of fused-ring (bicyclic) bond motifs is 3. The minimum Gasteiger partial charge on any atom is -0.465 e. The van der Waals surface area contributed by atoms with Crippen LogP contribution in [0.3, 0.4) is 0 Å². The number of thiophene rings is 1. The summed E-state index contributed by atoms with van der Waals surface area (Å²) in [6.07, 6.45) is 0.759. The fourth-order valence-corrected chi connectivity index (χ4v) is 3.99.